The Morgan fingerprint density at radius 3 is 2.80 bits per heavy atom. The lowest BCUT2D eigenvalue weighted by Gasteiger charge is -2.07. The molecule has 10 heteroatoms. The molecule has 130 valence electrons. The molecule has 3 rings (SSSR count). The zero-order chi connectivity index (χ0) is 17.8. The number of ether oxygens (including phenoxy) is 2. The molecule has 0 aliphatic carbocycles. The van der Waals surface area contributed by atoms with Crippen LogP contribution in [0.5, 0.6) is 11.5 Å². The number of nitrogen functional groups attached to an aromatic ring is 1. The minimum atomic E-state index is -0.317. The molecule has 0 amide bonds. The van der Waals surface area contributed by atoms with E-state index < -0.39 is 0 Å². The van der Waals surface area contributed by atoms with Crippen LogP contribution < -0.4 is 20.8 Å². The van der Waals surface area contributed by atoms with Crippen LogP contribution in [0, 0.1) is 0 Å². The maximum atomic E-state index is 11.4. The maximum absolute atomic E-state index is 11.4. The number of H-pyrrole nitrogens is 1. The normalized spacial score (nSPS) is 10.6. The number of anilines is 1. The van der Waals surface area contributed by atoms with Crippen molar-refractivity contribution in [2.24, 2.45) is 0 Å². The van der Waals surface area contributed by atoms with Crippen LogP contribution >= 0.6 is 11.8 Å². The fraction of sp³-hybridized carbons (Fsp3) is 0.200. The van der Waals surface area contributed by atoms with E-state index in [1.807, 2.05) is 0 Å². The summed E-state index contributed by atoms with van der Waals surface area (Å²) in [4.78, 5) is 22.3. The first-order valence-electron chi connectivity index (χ1n) is 7.13. The molecule has 0 atom stereocenters. The average Bonchev–Trinajstić information content (AvgIpc) is 3.07. The van der Waals surface area contributed by atoms with E-state index in [2.05, 4.69) is 20.1 Å². The van der Waals surface area contributed by atoms with E-state index >= 15 is 0 Å². The third-order valence-electron chi connectivity index (χ3n) is 3.19. The van der Waals surface area contributed by atoms with Crippen LogP contribution in [0.1, 0.15) is 5.89 Å². The predicted octanol–water partition coefficient (Wildman–Crippen LogP) is 1.71. The zero-order valence-corrected chi connectivity index (χ0v) is 14.3. The largest absolute Gasteiger partial charge is 0.497 e. The highest BCUT2D eigenvalue weighted by molar-refractivity contribution is 7.98. The molecule has 2 aromatic heterocycles. The first-order chi connectivity index (χ1) is 12.1. The Kier molecular flexibility index (Phi) is 4.89. The number of benzene rings is 1. The molecular weight excluding hydrogens is 346 g/mol. The van der Waals surface area contributed by atoms with Gasteiger partial charge in [-0.3, -0.25) is 4.79 Å². The first-order valence-corrected chi connectivity index (χ1v) is 8.12. The van der Waals surface area contributed by atoms with Crippen molar-refractivity contribution in [1.29, 1.82) is 0 Å². The zero-order valence-electron chi connectivity index (χ0n) is 13.5. The number of thioether (sulfide) groups is 1. The number of hydrogen-bond donors (Lipinski definition) is 2. The third kappa shape index (κ3) is 3.91. The lowest BCUT2D eigenvalue weighted by molar-refractivity contribution is 0.389. The molecule has 0 fully saturated rings. The highest BCUT2D eigenvalue weighted by Crippen LogP contribution is 2.32. The number of nitrogens with one attached hydrogen (secondary N) is 1. The Labute approximate surface area is 146 Å². The summed E-state index contributed by atoms with van der Waals surface area (Å²) in [5, 5.41) is 4.34. The van der Waals surface area contributed by atoms with Gasteiger partial charge in [0.25, 0.3) is 5.56 Å². The molecule has 0 saturated carbocycles. The Hall–Kier alpha value is -3.01. The van der Waals surface area contributed by atoms with E-state index in [4.69, 9.17) is 19.7 Å². The number of aromatic nitrogens is 4. The van der Waals surface area contributed by atoms with Gasteiger partial charge in [-0.25, -0.2) is 4.98 Å². The minimum absolute atomic E-state index is 0.151. The van der Waals surface area contributed by atoms with Gasteiger partial charge in [-0.05, 0) is 18.2 Å². The number of methoxy groups -OCH3 is 2. The van der Waals surface area contributed by atoms with E-state index in [9.17, 15) is 4.79 Å². The van der Waals surface area contributed by atoms with E-state index in [1.54, 1.807) is 32.4 Å². The van der Waals surface area contributed by atoms with Crippen LogP contribution in [0.15, 0.2) is 38.7 Å². The molecule has 3 N–H and O–H groups in total. The number of rotatable bonds is 6. The molecule has 2 heterocycles. The van der Waals surface area contributed by atoms with Crippen LogP contribution in [-0.4, -0.2) is 34.3 Å². The number of hydrogen-bond acceptors (Lipinski definition) is 9. The van der Waals surface area contributed by atoms with Crippen molar-refractivity contribution in [3.8, 4) is 22.9 Å². The molecule has 0 spiro atoms. The van der Waals surface area contributed by atoms with Gasteiger partial charge in [0.15, 0.2) is 5.16 Å². The first kappa shape index (κ1) is 16.8. The second-order valence-corrected chi connectivity index (χ2v) is 5.81. The summed E-state index contributed by atoms with van der Waals surface area (Å²) in [7, 11) is 3.13. The summed E-state index contributed by atoms with van der Waals surface area (Å²) < 4.78 is 15.8. The predicted molar refractivity (Wildman–Crippen MR) is 91.7 cm³/mol. The second-order valence-electron chi connectivity index (χ2n) is 4.84. The van der Waals surface area contributed by atoms with E-state index in [1.165, 1.54) is 17.8 Å². The Bertz CT molecular complexity index is 940. The van der Waals surface area contributed by atoms with Gasteiger partial charge in [0, 0.05) is 6.07 Å². The van der Waals surface area contributed by atoms with Crippen LogP contribution in [0.25, 0.3) is 11.4 Å². The molecule has 0 unspecified atom stereocenters. The molecule has 9 nitrogen and oxygen atoms in total. The van der Waals surface area contributed by atoms with Gasteiger partial charge in [-0.1, -0.05) is 16.9 Å². The highest BCUT2D eigenvalue weighted by Gasteiger charge is 2.15. The Morgan fingerprint density at radius 1 is 1.24 bits per heavy atom. The smallest absolute Gasteiger partial charge is 0.253 e. The van der Waals surface area contributed by atoms with Crippen molar-refractivity contribution in [3.63, 3.8) is 0 Å². The number of aromatic amines is 1. The van der Waals surface area contributed by atoms with Crippen LogP contribution in [0.2, 0.25) is 0 Å². The maximum Gasteiger partial charge on any atom is 0.253 e. The standard InChI is InChI=1S/C15H15N5O4S/c1-22-8-3-4-10(23-2)9(5-8)14-19-13(24-20-14)7-25-15-17-11(16)6-12(21)18-15/h3-6H,7H2,1-2H3,(H3,16,17,18,21). The van der Waals surface area contributed by atoms with Crippen LogP contribution in [0.3, 0.4) is 0 Å². The minimum Gasteiger partial charge on any atom is -0.497 e. The topological polar surface area (TPSA) is 129 Å². The quantitative estimate of drug-likeness (QED) is 0.498. The van der Waals surface area contributed by atoms with Gasteiger partial charge in [0.1, 0.15) is 17.3 Å². The Balaban J connectivity index is 1.79. The van der Waals surface area contributed by atoms with Gasteiger partial charge in [0.2, 0.25) is 11.7 Å². The molecule has 0 bridgehead atoms. The van der Waals surface area contributed by atoms with Crippen LogP contribution in [0.4, 0.5) is 5.82 Å². The second kappa shape index (κ2) is 7.26. The summed E-state index contributed by atoms with van der Waals surface area (Å²) in [6.45, 7) is 0. The average molecular weight is 361 g/mol. The van der Waals surface area contributed by atoms with Gasteiger partial charge in [-0.15, -0.1) is 0 Å². The van der Waals surface area contributed by atoms with Crippen molar-refractivity contribution in [3.05, 3.63) is 40.5 Å². The van der Waals surface area contributed by atoms with Crippen molar-refractivity contribution in [2.45, 2.75) is 10.9 Å². The lowest BCUT2D eigenvalue weighted by atomic mass is 10.2. The molecular formula is C15H15N5O4S. The number of nitrogens with two attached hydrogens (primary N) is 1. The third-order valence-corrected chi connectivity index (χ3v) is 4.05. The Morgan fingerprint density at radius 2 is 2.08 bits per heavy atom. The van der Waals surface area contributed by atoms with Gasteiger partial charge in [0.05, 0.1) is 25.5 Å². The van der Waals surface area contributed by atoms with E-state index in [0.717, 1.165) is 0 Å². The van der Waals surface area contributed by atoms with Gasteiger partial charge in [-0.2, -0.15) is 4.98 Å². The lowest BCUT2D eigenvalue weighted by Crippen LogP contribution is -2.09. The molecule has 0 aliphatic rings. The van der Waals surface area contributed by atoms with Gasteiger partial charge < -0.3 is 24.7 Å². The van der Waals surface area contributed by atoms with Crippen LogP contribution in [-0.2, 0) is 5.75 Å². The molecule has 0 saturated heterocycles. The molecule has 25 heavy (non-hydrogen) atoms. The van der Waals surface area contributed by atoms with E-state index in [-0.39, 0.29) is 11.4 Å². The van der Waals surface area contributed by atoms with Crippen molar-refractivity contribution >= 4 is 17.6 Å². The summed E-state index contributed by atoms with van der Waals surface area (Å²) in [6, 6.07) is 6.52. The van der Waals surface area contributed by atoms with Gasteiger partial charge >= 0.3 is 0 Å². The molecule has 0 radical (unpaired) electrons. The monoisotopic (exact) mass is 361 g/mol. The SMILES string of the molecule is COc1ccc(OC)c(-c2noc(CSc3nc(N)cc(=O)[nH]3)n2)c1. The van der Waals surface area contributed by atoms with Crippen molar-refractivity contribution in [1.82, 2.24) is 20.1 Å². The molecule has 3 aromatic rings. The fourth-order valence-electron chi connectivity index (χ4n) is 2.06. The van der Waals surface area contributed by atoms with Crippen molar-refractivity contribution in [2.75, 3.05) is 20.0 Å². The summed E-state index contributed by atoms with van der Waals surface area (Å²) in [5.74, 6) is 2.47. The summed E-state index contributed by atoms with van der Waals surface area (Å²) >= 11 is 1.23. The van der Waals surface area contributed by atoms with E-state index in [0.29, 0.717) is 39.7 Å². The molecule has 0 aliphatic heterocycles. The fourth-order valence-corrected chi connectivity index (χ4v) is 2.78. The van der Waals surface area contributed by atoms with Crippen molar-refractivity contribution < 1.29 is 14.0 Å². The molecule has 1 aromatic carbocycles. The summed E-state index contributed by atoms with van der Waals surface area (Å²) in [6.07, 6.45) is 0. The highest BCUT2D eigenvalue weighted by atomic mass is 32.2. The summed E-state index contributed by atoms with van der Waals surface area (Å²) in [5.41, 5.74) is 5.88. The number of nitrogens with zero attached hydrogens (tertiary/aromatic N) is 3.